The molecule has 0 spiro atoms. The van der Waals surface area contributed by atoms with Gasteiger partial charge in [-0.05, 0) is 11.1 Å². The van der Waals surface area contributed by atoms with Gasteiger partial charge in [-0.1, -0.05) is 60.7 Å². The van der Waals surface area contributed by atoms with Crippen LogP contribution in [0.25, 0.3) is 0 Å². The van der Waals surface area contributed by atoms with E-state index in [-0.39, 0.29) is 51.4 Å². The zero-order valence-electron chi connectivity index (χ0n) is 13.8. The fourth-order valence-corrected chi connectivity index (χ4v) is 2.98. The summed E-state index contributed by atoms with van der Waals surface area (Å²) in [7, 11) is -5.05. The Hall–Kier alpha value is -1.11. The van der Waals surface area contributed by atoms with Gasteiger partial charge in [-0.15, -0.1) is 0 Å². The van der Waals surface area contributed by atoms with Gasteiger partial charge in [0.2, 0.25) is 10.4 Å². The van der Waals surface area contributed by atoms with E-state index in [0.29, 0.717) is 16.0 Å². The Morgan fingerprint density at radius 2 is 1.42 bits per heavy atom. The maximum Gasteiger partial charge on any atom is 1.00 e. The number of rotatable bonds is 5. The van der Waals surface area contributed by atoms with Crippen LogP contribution in [0.4, 0.5) is 4.79 Å². The van der Waals surface area contributed by atoms with Crippen LogP contribution < -0.4 is 56.7 Å². The van der Waals surface area contributed by atoms with Crippen LogP contribution in [0, 0.1) is 0 Å². The van der Waals surface area contributed by atoms with E-state index in [9.17, 15) is 22.6 Å². The van der Waals surface area contributed by atoms with E-state index < -0.39 is 34.6 Å². The Morgan fingerprint density at radius 3 is 1.85 bits per heavy atom. The molecular formula is C16H13KN2O6S. The van der Waals surface area contributed by atoms with Crippen molar-refractivity contribution >= 4 is 22.3 Å². The molecule has 0 aliphatic carbocycles. The Bertz CT molecular complexity index is 865. The average molecular weight is 400 g/mol. The van der Waals surface area contributed by atoms with Gasteiger partial charge in [-0.3, -0.25) is 8.98 Å². The van der Waals surface area contributed by atoms with Crippen LogP contribution in [0.2, 0.25) is 0 Å². The predicted octanol–water partition coefficient (Wildman–Crippen LogP) is -2.08. The van der Waals surface area contributed by atoms with Crippen molar-refractivity contribution in [2.45, 2.75) is 5.54 Å². The summed E-state index contributed by atoms with van der Waals surface area (Å²) in [6, 6.07) is 16.2. The van der Waals surface area contributed by atoms with E-state index in [2.05, 4.69) is 9.50 Å². The van der Waals surface area contributed by atoms with Crippen molar-refractivity contribution in [3.05, 3.63) is 71.8 Å². The molecule has 0 saturated carbocycles. The largest absolute Gasteiger partial charge is 1.00 e. The van der Waals surface area contributed by atoms with E-state index in [0.717, 1.165) is 0 Å². The molecule has 10 heteroatoms. The third kappa shape index (κ3) is 4.07. The molecule has 0 atom stereocenters. The molecule has 26 heavy (non-hydrogen) atoms. The first-order valence-electron chi connectivity index (χ1n) is 7.20. The molecule has 0 radical (unpaired) electrons. The minimum Gasteiger partial charge on any atom is -0.725 e. The fourth-order valence-electron chi connectivity index (χ4n) is 2.74. The van der Waals surface area contributed by atoms with E-state index in [1.807, 2.05) is 0 Å². The van der Waals surface area contributed by atoms with Gasteiger partial charge >= 0.3 is 57.4 Å². The second kappa shape index (κ2) is 8.27. The molecule has 1 fully saturated rings. The predicted molar refractivity (Wildman–Crippen MR) is 84.7 cm³/mol. The van der Waals surface area contributed by atoms with Gasteiger partial charge < -0.3 is 9.87 Å². The third-order valence-corrected chi connectivity index (χ3v) is 4.24. The van der Waals surface area contributed by atoms with Crippen LogP contribution in [0.1, 0.15) is 11.1 Å². The minimum absolute atomic E-state index is 0. The first-order chi connectivity index (χ1) is 11.8. The van der Waals surface area contributed by atoms with Crippen molar-refractivity contribution in [1.82, 2.24) is 10.2 Å². The van der Waals surface area contributed by atoms with Crippen molar-refractivity contribution < 1.29 is 78.1 Å². The molecular weight excluding hydrogens is 387 g/mol. The molecule has 0 bridgehead atoms. The number of hydrogen-bond donors (Lipinski definition) is 1. The Morgan fingerprint density at radius 1 is 0.962 bits per heavy atom. The first kappa shape index (κ1) is 21.2. The molecule has 1 heterocycles. The summed E-state index contributed by atoms with van der Waals surface area (Å²) in [4.78, 5) is 25.9. The molecule has 130 valence electrons. The smallest absolute Gasteiger partial charge is 0.725 e. The summed E-state index contributed by atoms with van der Waals surface area (Å²) in [5, 5.41) is 2.60. The van der Waals surface area contributed by atoms with Crippen molar-refractivity contribution in [2.24, 2.45) is 0 Å². The van der Waals surface area contributed by atoms with E-state index >= 15 is 0 Å². The van der Waals surface area contributed by atoms with Crippen molar-refractivity contribution in [3.8, 4) is 0 Å². The number of amides is 3. The molecule has 0 unspecified atom stereocenters. The summed E-state index contributed by atoms with van der Waals surface area (Å²) < 4.78 is 36.0. The van der Waals surface area contributed by atoms with E-state index in [4.69, 9.17) is 0 Å². The van der Waals surface area contributed by atoms with Crippen LogP contribution in [0.15, 0.2) is 60.7 Å². The second-order valence-electron chi connectivity index (χ2n) is 5.30. The Labute approximate surface area is 192 Å². The summed E-state index contributed by atoms with van der Waals surface area (Å²) in [6.45, 7) is -0.988. The molecule has 3 amide bonds. The van der Waals surface area contributed by atoms with Crippen LogP contribution in [-0.2, 0) is 24.9 Å². The quantitative estimate of drug-likeness (QED) is 0.267. The van der Waals surface area contributed by atoms with Crippen molar-refractivity contribution in [1.29, 1.82) is 0 Å². The SMILES string of the molecule is O=C1NC(c2ccccc2)(c2ccccc2)C(=O)N1COS(=O)(=O)[O-].[K+]. The van der Waals surface area contributed by atoms with Gasteiger partial charge in [0.25, 0.3) is 5.91 Å². The number of benzene rings is 2. The molecule has 1 aliphatic rings. The van der Waals surface area contributed by atoms with Crippen molar-refractivity contribution in [2.75, 3.05) is 6.73 Å². The number of carbonyl (C=O) groups excluding carboxylic acids is 2. The van der Waals surface area contributed by atoms with Gasteiger partial charge in [0.05, 0.1) is 0 Å². The summed E-state index contributed by atoms with van der Waals surface area (Å²) >= 11 is 0. The molecule has 1 aliphatic heterocycles. The first-order valence-corrected chi connectivity index (χ1v) is 8.53. The van der Waals surface area contributed by atoms with E-state index in [1.54, 1.807) is 60.7 Å². The van der Waals surface area contributed by atoms with Crippen LogP contribution in [0.3, 0.4) is 0 Å². The molecule has 1 saturated heterocycles. The molecule has 3 rings (SSSR count). The number of urea groups is 1. The zero-order valence-corrected chi connectivity index (χ0v) is 17.7. The second-order valence-corrected chi connectivity index (χ2v) is 6.35. The average Bonchev–Trinajstić information content (AvgIpc) is 2.85. The number of carbonyl (C=O) groups is 2. The Kier molecular flexibility index (Phi) is 6.74. The van der Waals surface area contributed by atoms with Gasteiger partial charge in [0, 0.05) is 0 Å². The minimum atomic E-state index is -5.05. The monoisotopic (exact) mass is 400 g/mol. The van der Waals surface area contributed by atoms with Gasteiger partial charge in [0.1, 0.15) is 6.73 Å². The number of nitrogens with zero attached hydrogens (tertiary/aromatic N) is 1. The normalized spacial score (nSPS) is 16.1. The molecule has 8 nitrogen and oxygen atoms in total. The van der Waals surface area contributed by atoms with Crippen LogP contribution >= 0.6 is 0 Å². The van der Waals surface area contributed by atoms with Crippen LogP contribution in [0.5, 0.6) is 0 Å². The molecule has 2 aromatic rings. The number of hydrogen-bond acceptors (Lipinski definition) is 6. The standard InChI is InChI=1S/C16H14N2O6S.K/c19-14-16(12-7-3-1-4-8-12,13-9-5-2-6-10-13)17-15(20)18(14)11-24-25(21,22)23;/h1-10H,11H2,(H,17,20)(H,21,22,23);/q;+1/p-1. The van der Waals surface area contributed by atoms with Crippen LogP contribution in [-0.4, -0.2) is 36.5 Å². The summed E-state index contributed by atoms with van der Waals surface area (Å²) in [6.07, 6.45) is 0. The van der Waals surface area contributed by atoms with E-state index in [1.165, 1.54) is 0 Å². The molecule has 1 N–H and O–H groups in total. The van der Waals surface area contributed by atoms with Gasteiger partial charge in [0.15, 0.2) is 5.54 Å². The summed E-state index contributed by atoms with van der Waals surface area (Å²) in [5.74, 6) is -0.737. The van der Waals surface area contributed by atoms with Crippen molar-refractivity contribution in [3.63, 3.8) is 0 Å². The number of imide groups is 1. The zero-order chi connectivity index (χ0) is 18.1. The topological polar surface area (TPSA) is 116 Å². The van der Waals surface area contributed by atoms with Gasteiger partial charge in [-0.25, -0.2) is 18.1 Å². The molecule has 2 aromatic carbocycles. The maximum absolute atomic E-state index is 13.0. The Balaban J connectivity index is 0.00000243. The summed E-state index contributed by atoms with van der Waals surface area (Å²) in [5.41, 5.74) is -0.547. The molecule has 0 aromatic heterocycles. The fraction of sp³-hybridized carbons (Fsp3) is 0.125. The third-order valence-electron chi connectivity index (χ3n) is 3.85. The maximum atomic E-state index is 13.0. The van der Waals surface area contributed by atoms with Gasteiger partial charge in [-0.2, -0.15) is 0 Å². The number of nitrogens with one attached hydrogen (secondary N) is 1.